The second-order valence-electron chi connectivity index (χ2n) is 4.60. The van der Waals surface area contributed by atoms with Crippen molar-refractivity contribution in [2.75, 3.05) is 13.7 Å². The van der Waals surface area contributed by atoms with Crippen LogP contribution in [0.2, 0.25) is 0 Å². The van der Waals surface area contributed by atoms with Crippen LogP contribution in [-0.4, -0.2) is 35.6 Å². The second-order valence-corrected chi connectivity index (χ2v) is 4.60. The quantitative estimate of drug-likeness (QED) is 0.765. The van der Waals surface area contributed by atoms with Crippen LogP contribution in [0.25, 0.3) is 0 Å². The van der Waals surface area contributed by atoms with Crippen molar-refractivity contribution in [1.82, 2.24) is 15.1 Å². The summed E-state index contributed by atoms with van der Waals surface area (Å²) < 4.78 is 7.16. The maximum atomic E-state index is 5.22. The molecule has 0 aliphatic rings. The number of hydrogen-bond acceptors (Lipinski definition) is 3. The molecule has 1 heterocycles. The molecule has 1 rings (SSSR count). The van der Waals surface area contributed by atoms with Gasteiger partial charge in [-0.3, -0.25) is 4.68 Å². The van der Waals surface area contributed by atoms with E-state index in [1.165, 1.54) is 0 Å². The van der Waals surface area contributed by atoms with Gasteiger partial charge in [-0.25, -0.2) is 0 Å². The lowest BCUT2D eigenvalue weighted by Crippen LogP contribution is -2.44. The van der Waals surface area contributed by atoms with Gasteiger partial charge in [0, 0.05) is 31.6 Å². The molecule has 0 saturated carbocycles. The van der Waals surface area contributed by atoms with E-state index in [-0.39, 0.29) is 0 Å². The highest BCUT2D eigenvalue weighted by atomic mass is 16.5. The van der Waals surface area contributed by atoms with E-state index >= 15 is 0 Å². The fraction of sp³-hybridized carbons (Fsp3) is 0.750. The fourth-order valence-corrected chi connectivity index (χ4v) is 1.72. The lowest BCUT2D eigenvalue weighted by atomic mass is 10.0. The summed E-state index contributed by atoms with van der Waals surface area (Å²) >= 11 is 0. The van der Waals surface area contributed by atoms with Gasteiger partial charge in [-0.05, 0) is 18.9 Å². The molecule has 1 aromatic rings. The van der Waals surface area contributed by atoms with Crippen LogP contribution in [-0.2, 0) is 11.3 Å². The first kappa shape index (κ1) is 13.2. The van der Waals surface area contributed by atoms with Crippen molar-refractivity contribution in [2.24, 2.45) is 5.92 Å². The van der Waals surface area contributed by atoms with Crippen molar-refractivity contribution in [1.29, 1.82) is 0 Å². The van der Waals surface area contributed by atoms with E-state index in [9.17, 15) is 0 Å². The average Bonchev–Trinajstić information content (AvgIpc) is 2.69. The summed E-state index contributed by atoms with van der Waals surface area (Å²) in [5.74, 6) is 0.569. The minimum absolute atomic E-state index is 0.391. The molecular formula is C12H23N3O. The number of ether oxygens (including phenoxy) is 1. The van der Waals surface area contributed by atoms with Crippen molar-refractivity contribution < 1.29 is 4.74 Å². The molecule has 0 aliphatic carbocycles. The Bertz CT molecular complexity index is 272. The van der Waals surface area contributed by atoms with Crippen LogP contribution in [0, 0.1) is 5.92 Å². The highest BCUT2D eigenvalue weighted by Crippen LogP contribution is 2.04. The van der Waals surface area contributed by atoms with Crippen molar-refractivity contribution >= 4 is 0 Å². The zero-order valence-electron chi connectivity index (χ0n) is 10.7. The molecule has 0 spiro atoms. The molecule has 0 amide bonds. The summed E-state index contributed by atoms with van der Waals surface area (Å²) in [6, 6.07) is 2.74. The molecule has 0 saturated heterocycles. The number of hydrogen-bond donors (Lipinski definition) is 1. The van der Waals surface area contributed by atoms with Gasteiger partial charge >= 0.3 is 0 Å². The minimum atomic E-state index is 0.391. The molecule has 0 aliphatic heterocycles. The first-order valence-electron chi connectivity index (χ1n) is 5.86. The van der Waals surface area contributed by atoms with E-state index in [1.54, 1.807) is 7.11 Å². The Morgan fingerprint density at radius 3 is 2.62 bits per heavy atom. The van der Waals surface area contributed by atoms with Crippen molar-refractivity contribution in [3.63, 3.8) is 0 Å². The van der Waals surface area contributed by atoms with Crippen LogP contribution in [0.5, 0.6) is 0 Å². The molecule has 92 valence electrons. The van der Waals surface area contributed by atoms with Gasteiger partial charge in [-0.1, -0.05) is 13.8 Å². The molecule has 2 unspecified atom stereocenters. The Kier molecular flexibility index (Phi) is 5.49. The number of nitrogens with one attached hydrogen (secondary N) is 1. The first-order chi connectivity index (χ1) is 7.63. The zero-order chi connectivity index (χ0) is 12.0. The largest absolute Gasteiger partial charge is 0.383 e. The van der Waals surface area contributed by atoms with E-state index in [0.717, 1.165) is 13.2 Å². The maximum Gasteiger partial charge on any atom is 0.0618 e. The van der Waals surface area contributed by atoms with Crippen molar-refractivity contribution in [3.8, 4) is 0 Å². The summed E-state index contributed by atoms with van der Waals surface area (Å²) in [6.45, 7) is 8.22. The Labute approximate surface area is 98.0 Å². The SMILES string of the molecule is COCC(NC(C)Cn1cccn1)C(C)C. The van der Waals surface area contributed by atoms with E-state index < -0.39 is 0 Å². The third-order valence-corrected chi connectivity index (χ3v) is 2.67. The Morgan fingerprint density at radius 2 is 2.12 bits per heavy atom. The minimum Gasteiger partial charge on any atom is -0.383 e. The summed E-state index contributed by atoms with van der Waals surface area (Å²) in [4.78, 5) is 0. The van der Waals surface area contributed by atoms with Gasteiger partial charge in [0.2, 0.25) is 0 Å². The predicted octanol–water partition coefficient (Wildman–Crippen LogP) is 1.53. The lowest BCUT2D eigenvalue weighted by Gasteiger charge is -2.25. The number of nitrogens with zero attached hydrogens (tertiary/aromatic N) is 2. The second kappa shape index (κ2) is 6.66. The summed E-state index contributed by atoms with van der Waals surface area (Å²) in [7, 11) is 1.75. The third-order valence-electron chi connectivity index (χ3n) is 2.67. The molecule has 0 bridgehead atoms. The molecule has 16 heavy (non-hydrogen) atoms. The number of methoxy groups -OCH3 is 1. The molecule has 1 N–H and O–H groups in total. The van der Waals surface area contributed by atoms with E-state index in [0.29, 0.717) is 18.0 Å². The Hall–Kier alpha value is -0.870. The Morgan fingerprint density at radius 1 is 1.38 bits per heavy atom. The molecule has 0 aromatic carbocycles. The summed E-state index contributed by atoms with van der Waals surface area (Å²) in [6.07, 6.45) is 3.79. The molecule has 1 aromatic heterocycles. The van der Waals surface area contributed by atoms with Crippen molar-refractivity contribution in [2.45, 2.75) is 39.4 Å². The zero-order valence-corrected chi connectivity index (χ0v) is 10.7. The maximum absolute atomic E-state index is 5.22. The average molecular weight is 225 g/mol. The monoisotopic (exact) mass is 225 g/mol. The van der Waals surface area contributed by atoms with Crippen LogP contribution in [0.3, 0.4) is 0 Å². The molecule has 0 fully saturated rings. The van der Waals surface area contributed by atoms with Crippen LogP contribution in [0.15, 0.2) is 18.5 Å². The van der Waals surface area contributed by atoms with Gasteiger partial charge in [0.1, 0.15) is 0 Å². The topological polar surface area (TPSA) is 39.1 Å². The van der Waals surface area contributed by atoms with E-state index in [2.05, 4.69) is 31.2 Å². The first-order valence-corrected chi connectivity index (χ1v) is 5.86. The van der Waals surface area contributed by atoms with Gasteiger partial charge in [0.05, 0.1) is 13.2 Å². The molecule has 4 nitrogen and oxygen atoms in total. The number of rotatable bonds is 7. The standard InChI is InChI=1S/C12H23N3O/c1-10(2)12(9-16-4)14-11(3)8-15-7-5-6-13-15/h5-7,10-12,14H,8-9H2,1-4H3. The fourth-order valence-electron chi connectivity index (χ4n) is 1.72. The van der Waals surface area contributed by atoms with Crippen LogP contribution in [0.1, 0.15) is 20.8 Å². The van der Waals surface area contributed by atoms with Gasteiger partial charge in [0.25, 0.3) is 0 Å². The number of aromatic nitrogens is 2. The van der Waals surface area contributed by atoms with Gasteiger partial charge in [0.15, 0.2) is 0 Å². The summed E-state index contributed by atoms with van der Waals surface area (Å²) in [5.41, 5.74) is 0. The highest BCUT2D eigenvalue weighted by Gasteiger charge is 2.15. The molecule has 4 heteroatoms. The van der Waals surface area contributed by atoms with Gasteiger partial charge < -0.3 is 10.1 Å². The summed E-state index contributed by atoms with van der Waals surface area (Å²) in [5, 5.41) is 7.77. The lowest BCUT2D eigenvalue weighted by molar-refractivity contribution is 0.139. The van der Waals surface area contributed by atoms with E-state index in [4.69, 9.17) is 4.74 Å². The smallest absolute Gasteiger partial charge is 0.0618 e. The van der Waals surface area contributed by atoms with E-state index in [1.807, 2.05) is 23.1 Å². The highest BCUT2D eigenvalue weighted by molar-refractivity contribution is 4.80. The predicted molar refractivity (Wildman–Crippen MR) is 65.3 cm³/mol. The third kappa shape index (κ3) is 4.33. The van der Waals surface area contributed by atoms with Gasteiger partial charge in [-0.15, -0.1) is 0 Å². The van der Waals surface area contributed by atoms with Crippen LogP contribution in [0.4, 0.5) is 0 Å². The molecule has 0 radical (unpaired) electrons. The van der Waals surface area contributed by atoms with Crippen molar-refractivity contribution in [3.05, 3.63) is 18.5 Å². The van der Waals surface area contributed by atoms with Crippen LogP contribution < -0.4 is 5.32 Å². The van der Waals surface area contributed by atoms with Crippen LogP contribution >= 0.6 is 0 Å². The molecular weight excluding hydrogens is 202 g/mol. The normalized spacial score (nSPS) is 15.3. The Balaban J connectivity index is 2.39. The molecule has 2 atom stereocenters. The van der Waals surface area contributed by atoms with Gasteiger partial charge in [-0.2, -0.15) is 5.10 Å².